The van der Waals surface area contributed by atoms with Gasteiger partial charge < -0.3 is 14.3 Å². The van der Waals surface area contributed by atoms with Crippen LogP contribution in [0.4, 0.5) is 0 Å². The van der Waals surface area contributed by atoms with Crippen LogP contribution in [0.25, 0.3) is 0 Å². The van der Waals surface area contributed by atoms with Crippen LogP contribution in [0.5, 0.6) is 0 Å². The highest BCUT2D eigenvalue weighted by Gasteiger charge is 2.44. The first-order valence-electron chi connectivity index (χ1n) is 13.1. The topological polar surface area (TPSA) is 55.8 Å². The van der Waals surface area contributed by atoms with E-state index in [0.717, 1.165) is 18.4 Å². The number of rotatable bonds is 12. The number of aliphatic hydroxyl groups excluding tert-OH is 1. The van der Waals surface area contributed by atoms with E-state index < -0.39 is 19.8 Å². The lowest BCUT2D eigenvalue weighted by Crippen LogP contribution is -2.43. The molecule has 0 aromatic heterocycles. The SMILES string of the molecule is CCCCCC(/C=C/[C@@H]1C(CO)C(=O)C[C@H]1OC(C)(C)c1ccccc1)O[Si](C)(C)C(C)(C)C. The molecule has 1 aliphatic carbocycles. The molecule has 4 nitrogen and oxygen atoms in total. The monoisotopic (exact) mass is 488 g/mol. The highest BCUT2D eigenvalue weighted by atomic mass is 28.4. The van der Waals surface area contributed by atoms with Crippen LogP contribution in [0.1, 0.15) is 79.2 Å². The maximum absolute atomic E-state index is 12.8. The molecule has 0 heterocycles. The predicted molar refractivity (Wildman–Crippen MR) is 143 cm³/mol. The molecule has 1 aromatic rings. The number of carbonyl (C=O) groups is 1. The Bertz CT molecular complexity index is 794. The Morgan fingerprint density at radius 2 is 1.76 bits per heavy atom. The van der Waals surface area contributed by atoms with Gasteiger partial charge in [-0.3, -0.25) is 4.79 Å². The summed E-state index contributed by atoms with van der Waals surface area (Å²) in [5.41, 5.74) is 0.553. The number of hydrogen-bond donors (Lipinski definition) is 1. The first kappa shape index (κ1) is 29.0. The van der Waals surface area contributed by atoms with E-state index in [2.05, 4.69) is 65.1 Å². The highest BCUT2D eigenvalue weighted by molar-refractivity contribution is 6.74. The lowest BCUT2D eigenvalue weighted by Gasteiger charge is -2.39. The average molecular weight is 489 g/mol. The normalized spacial score (nSPS) is 23.1. The third-order valence-corrected chi connectivity index (χ3v) is 12.2. The van der Waals surface area contributed by atoms with Gasteiger partial charge in [0.15, 0.2) is 8.32 Å². The lowest BCUT2D eigenvalue weighted by molar-refractivity contribution is -0.122. The van der Waals surface area contributed by atoms with Crippen molar-refractivity contribution in [2.75, 3.05) is 6.61 Å². The van der Waals surface area contributed by atoms with E-state index in [0.29, 0.717) is 6.42 Å². The summed E-state index contributed by atoms with van der Waals surface area (Å²) < 4.78 is 13.3. The van der Waals surface area contributed by atoms with Gasteiger partial charge in [-0.05, 0) is 44.0 Å². The quantitative estimate of drug-likeness (QED) is 0.195. The fourth-order valence-corrected chi connectivity index (χ4v) is 5.75. The minimum absolute atomic E-state index is 0.0188. The molecule has 1 fully saturated rings. The number of hydrogen-bond acceptors (Lipinski definition) is 4. The van der Waals surface area contributed by atoms with Crippen LogP contribution in [-0.4, -0.2) is 38.0 Å². The Morgan fingerprint density at radius 3 is 2.32 bits per heavy atom. The summed E-state index contributed by atoms with van der Waals surface area (Å²) in [4.78, 5) is 12.8. The number of ether oxygens (including phenoxy) is 1. The molecule has 1 N–H and O–H groups in total. The number of carbonyl (C=O) groups excluding carboxylic acids is 1. The van der Waals surface area contributed by atoms with Gasteiger partial charge in [0.1, 0.15) is 5.78 Å². The Morgan fingerprint density at radius 1 is 1.12 bits per heavy atom. The first-order valence-corrected chi connectivity index (χ1v) is 16.0. The van der Waals surface area contributed by atoms with Crippen LogP contribution in [0.2, 0.25) is 18.1 Å². The fourth-order valence-electron chi connectivity index (χ4n) is 4.44. The second kappa shape index (κ2) is 12.1. The van der Waals surface area contributed by atoms with Gasteiger partial charge in [0.2, 0.25) is 0 Å². The van der Waals surface area contributed by atoms with Crippen molar-refractivity contribution < 1.29 is 19.1 Å². The zero-order chi connectivity index (χ0) is 25.6. The third-order valence-electron chi connectivity index (χ3n) is 7.71. The van der Waals surface area contributed by atoms with Crippen LogP contribution < -0.4 is 0 Å². The molecule has 1 aliphatic rings. The van der Waals surface area contributed by atoms with Crippen molar-refractivity contribution >= 4 is 14.1 Å². The Hall–Kier alpha value is -1.27. The molecule has 0 aliphatic heterocycles. The minimum Gasteiger partial charge on any atom is -0.411 e. The van der Waals surface area contributed by atoms with Gasteiger partial charge in [-0.2, -0.15) is 0 Å². The fraction of sp³-hybridized carbons (Fsp3) is 0.690. The first-order chi connectivity index (χ1) is 15.8. The minimum atomic E-state index is -1.94. The number of unbranched alkanes of at least 4 members (excludes halogenated alkanes) is 2. The van der Waals surface area contributed by atoms with E-state index >= 15 is 0 Å². The van der Waals surface area contributed by atoms with Crippen LogP contribution in [0, 0.1) is 11.8 Å². The average Bonchev–Trinajstić information content (AvgIpc) is 3.04. The summed E-state index contributed by atoms with van der Waals surface area (Å²) in [7, 11) is -1.94. The van der Waals surface area contributed by atoms with Crippen molar-refractivity contribution in [3.05, 3.63) is 48.0 Å². The number of aliphatic hydroxyl groups is 1. The van der Waals surface area contributed by atoms with Crippen molar-refractivity contribution in [3.8, 4) is 0 Å². The van der Waals surface area contributed by atoms with Crippen molar-refractivity contribution in [1.29, 1.82) is 0 Å². The number of ketones is 1. The molecule has 0 saturated heterocycles. The molecule has 5 heteroatoms. The Labute approximate surface area is 209 Å². The summed E-state index contributed by atoms with van der Waals surface area (Å²) in [6.45, 7) is 17.5. The molecule has 0 amide bonds. The van der Waals surface area contributed by atoms with Crippen molar-refractivity contribution in [2.24, 2.45) is 11.8 Å². The summed E-state index contributed by atoms with van der Waals surface area (Å²) in [5.74, 6) is -0.493. The zero-order valence-corrected chi connectivity index (χ0v) is 23.8. The second-order valence-corrected chi connectivity index (χ2v) is 16.6. The van der Waals surface area contributed by atoms with Gasteiger partial charge in [0.25, 0.3) is 0 Å². The summed E-state index contributed by atoms with van der Waals surface area (Å²) in [5, 5.41) is 10.2. The maximum atomic E-state index is 12.8. The molecule has 0 radical (unpaired) electrons. The van der Waals surface area contributed by atoms with E-state index in [-0.39, 0.29) is 35.6 Å². The van der Waals surface area contributed by atoms with Crippen molar-refractivity contribution in [3.63, 3.8) is 0 Å². The van der Waals surface area contributed by atoms with Gasteiger partial charge in [0, 0.05) is 18.3 Å². The van der Waals surface area contributed by atoms with E-state index in [9.17, 15) is 9.90 Å². The highest BCUT2D eigenvalue weighted by Crippen LogP contribution is 2.40. The molecular formula is C29H48O4Si. The summed E-state index contributed by atoms with van der Waals surface area (Å²) in [6.07, 6.45) is 8.81. The van der Waals surface area contributed by atoms with Gasteiger partial charge in [-0.15, -0.1) is 0 Å². The van der Waals surface area contributed by atoms with Crippen molar-refractivity contribution in [1.82, 2.24) is 0 Å². The number of benzene rings is 1. The molecule has 4 atom stereocenters. The third kappa shape index (κ3) is 7.61. The smallest absolute Gasteiger partial charge is 0.192 e. The molecule has 34 heavy (non-hydrogen) atoms. The standard InChI is InChI=1S/C29H48O4Si/c1-9-10-12-17-23(33-34(7,8)28(2,3)4)18-19-24-25(21-30)26(31)20-27(24)32-29(5,6)22-15-13-11-14-16-22/h11,13-16,18-19,23-25,27,30H,9-10,12,17,20-21H2,1-8H3/b19-18+/t23?,24-,25?,27-/m1/s1. The summed E-state index contributed by atoms with van der Waals surface area (Å²) >= 11 is 0. The molecule has 192 valence electrons. The molecule has 2 rings (SSSR count). The molecule has 0 spiro atoms. The molecule has 2 unspecified atom stereocenters. The van der Waals surface area contributed by atoms with Gasteiger partial charge >= 0.3 is 0 Å². The molecule has 1 saturated carbocycles. The van der Waals surface area contributed by atoms with Gasteiger partial charge in [-0.25, -0.2) is 0 Å². The van der Waals surface area contributed by atoms with Crippen LogP contribution in [0.3, 0.4) is 0 Å². The van der Waals surface area contributed by atoms with Gasteiger partial charge in [0.05, 0.1) is 24.4 Å². The predicted octanol–water partition coefficient (Wildman–Crippen LogP) is 7.03. The molecule has 1 aromatic carbocycles. The lowest BCUT2D eigenvalue weighted by atomic mass is 9.92. The molecule has 0 bridgehead atoms. The van der Waals surface area contributed by atoms with Crippen LogP contribution in [0.15, 0.2) is 42.5 Å². The van der Waals surface area contributed by atoms with E-state index in [4.69, 9.17) is 9.16 Å². The molecular weight excluding hydrogens is 440 g/mol. The largest absolute Gasteiger partial charge is 0.411 e. The van der Waals surface area contributed by atoms with E-state index in [1.807, 2.05) is 32.0 Å². The van der Waals surface area contributed by atoms with Crippen LogP contribution in [-0.2, 0) is 19.6 Å². The Balaban J connectivity index is 2.26. The van der Waals surface area contributed by atoms with Crippen molar-refractivity contribution in [2.45, 2.75) is 110 Å². The maximum Gasteiger partial charge on any atom is 0.192 e. The Kier molecular flexibility index (Phi) is 10.3. The van der Waals surface area contributed by atoms with E-state index in [1.54, 1.807) is 0 Å². The second-order valence-electron chi connectivity index (χ2n) is 11.9. The van der Waals surface area contributed by atoms with Gasteiger partial charge in [-0.1, -0.05) is 89.4 Å². The zero-order valence-electron chi connectivity index (χ0n) is 22.8. The van der Waals surface area contributed by atoms with E-state index in [1.165, 1.54) is 12.8 Å². The van der Waals surface area contributed by atoms with Crippen LogP contribution >= 0.6 is 0 Å². The summed E-state index contributed by atoms with van der Waals surface area (Å²) in [6, 6.07) is 10.1. The number of Topliss-reactive ketones (excluding diaryl/α,β-unsaturated/α-hetero) is 1.